The van der Waals surface area contributed by atoms with Crippen LogP contribution in [0.5, 0.6) is 0 Å². The van der Waals surface area contributed by atoms with Crippen molar-refractivity contribution in [3.05, 3.63) is 45.5 Å². The molecule has 112 valence electrons. The van der Waals surface area contributed by atoms with Gasteiger partial charge in [0, 0.05) is 24.2 Å². The van der Waals surface area contributed by atoms with Crippen LogP contribution in [-0.4, -0.2) is 16.2 Å². The van der Waals surface area contributed by atoms with Gasteiger partial charge in [0.15, 0.2) is 6.10 Å². The summed E-state index contributed by atoms with van der Waals surface area (Å²) < 4.78 is 6.03. The molecule has 0 unspecified atom stereocenters. The number of fused-ring (bicyclic) bond motifs is 1. The Hall–Kier alpha value is -1.75. The Morgan fingerprint density at radius 3 is 2.52 bits per heavy atom. The summed E-state index contributed by atoms with van der Waals surface area (Å²) >= 11 is 0. The van der Waals surface area contributed by atoms with E-state index >= 15 is 0 Å². The summed E-state index contributed by atoms with van der Waals surface area (Å²) in [6.45, 7) is 1.53. The van der Waals surface area contributed by atoms with Crippen molar-refractivity contribution < 1.29 is 14.5 Å². The first-order chi connectivity index (χ1) is 10.0. The van der Waals surface area contributed by atoms with Gasteiger partial charge in [-0.25, -0.2) is 0 Å². The Labute approximate surface area is 123 Å². The summed E-state index contributed by atoms with van der Waals surface area (Å²) in [6, 6.07) is 7.61. The Kier molecular flexibility index (Phi) is 3.53. The Morgan fingerprint density at radius 2 is 1.95 bits per heavy atom. The molecule has 2 atom stereocenters. The second kappa shape index (κ2) is 5.22. The van der Waals surface area contributed by atoms with Gasteiger partial charge < -0.3 is 4.74 Å². The van der Waals surface area contributed by atoms with Crippen LogP contribution in [0.2, 0.25) is 0 Å². The van der Waals surface area contributed by atoms with Crippen LogP contribution < -0.4 is 0 Å². The lowest BCUT2D eigenvalue weighted by Crippen LogP contribution is -2.41. The van der Waals surface area contributed by atoms with Crippen molar-refractivity contribution in [1.29, 1.82) is 0 Å². The molecule has 1 heterocycles. The number of rotatable bonds is 4. The highest BCUT2D eigenvalue weighted by molar-refractivity contribution is 5.76. The minimum absolute atomic E-state index is 0.0389. The molecule has 1 aromatic rings. The second-order valence-electron chi connectivity index (χ2n) is 6.11. The molecule has 0 aromatic heterocycles. The Balaban J connectivity index is 2.01. The van der Waals surface area contributed by atoms with E-state index in [1.54, 1.807) is 0 Å². The monoisotopic (exact) mass is 289 g/mol. The van der Waals surface area contributed by atoms with Crippen LogP contribution in [0.25, 0.3) is 0 Å². The molecule has 5 heteroatoms. The zero-order valence-corrected chi connectivity index (χ0v) is 12.1. The van der Waals surface area contributed by atoms with Gasteiger partial charge in [0.25, 0.3) is 5.54 Å². The number of benzene rings is 1. The largest absolute Gasteiger partial charge is 0.358 e. The van der Waals surface area contributed by atoms with E-state index in [0.717, 1.165) is 24.0 Å². The fourth-order valence-corrected chi connectivity index (χ4v) is 3.72. The predicted octanol–water partition coefficient (Wildman–Crippen LogP) is 3.37. The molecular weight excluding hydrogens is 270 g/mol. The third-order valence-corrected chi connectivity index (χ3v) is 4.72. The molecule has 2 aliphatic rings. The normalized spacial score (nSPS) is 26.5. The van der Waals surface area contributed by atoms with Gasteiger partial charge in [0.05, 0.1) is 6.10 Å². The van der Waals surface area contributed by atoms with Crippen LogP contribution in [0.4, 0.5) is 0 Å². The van der Waals surface area contributed by atoms with Crippen molar-refractivity contribution in [2.45, 2.75) is 56.8 Å². The maximum atomic E-state index is 11.7. The van der Waals surface area contributed by atoms with E-state index in [-0.39, 0.29) is 23.2 Å². The van der Waals surface area contributed by atoms with Crippen molar-refractivity contribution in [1.82, 2.24) is 0 Å². The van der Waals surface area contributed by atoms with E-state index in [4.69, 9.17) is 4.74 Å². The number of ketones is 1. The van der Waals surface area contributed by atoms with E-state index in [2.05, 4.69) is 0 Å². The number of nitro groups is 1. The van der Waals surface area contributed by atoms with Crippen LogP contribution >= 0.6 is 0 Å². The van der Waals surface area contributed by atoms with Gasteiger partial charge in [-0.2, -0.15) is 0 Å². The maximum Gasteiger partial charge on any atom is 0.252 e. The van der Waals surface area contributed by atoms with Crippen molar-refractivity contribution in [2.75, 3.05) is 0 Å². The molecule has 1 aromatic carbocycles. The van der Waals surface area contributed by atoms with Crippen LogP contribution in [0.15, 0.2) is 24.3 Å². The standard InChI is InChI=1S/C16H19NO4/c1-11(18)10-14-12-6-2-3-7-13(12)15(21-14)16(17(19)20)8-4-5-9-16/h2-3,6-7,14-15H,4-5,8-10H2,1H3/t14-,15+/m1/s1. The van der Waals surface area contributed by atoms with Gasteiger partial charge in [-0.1, -0.05) is 24.3 Å². The molecule has 0 radical (unpaired) electrons. The molecule has 0 bridgehead atoms. The molecule has 1 aliphatic carbocycles. The summed E-state index contributed by atoms with van der Waals surface area (Å²) in [7, 11) is 0. The van der Waals surface area contributed by atoms with Crippen LogP contribution in [0.1, 0.15) is 62.4 Å². The smallest absolute Gasteiger partial charge is 0.252 e. The van der Waals surface area contributed by atoms with Gasteiger partial charge in [0.2, 0.25) is 0 Å². The van der Waals surface area contributed by atoms with E-state index < -0.39 is 11.6 Å². The fourth-order valence-electron chi connectivity index (χ4n) is 3.72. The molecule has 1 saturated carbocycles. The number of hydrogen-bond acceptors (Lipinski definition) is 4. The van der Waals surface area contributed by atoms with Crippen molar-refractivity contribution in [3.63, 3.8) is 0 Å². The number of hydrogen-bond donors (Lipinski definition) is 0. The van der Waals surface area contributed by atoms with Crippen molar-refractivity contribution in [3.8, 4) is 0 Å². The van der Waals surface area contributed by atoms with Gasteiger partial charge >= 0.3 is 0 Å². The van der Waals surface area contributed by atoms with Crippen LogP contribution in [0, 0.1) is 10.1 Å². The van der Waals surface area contributed by atoms with Gasteiger partial charge in [-0.05, 0) is 30.9 Å². The summed E-state index contributed by atoms with van der Waals surface area (Å²) in [5, 5.41) is 11.7. The van der Waals surface area contributed by atoms with E-state index in [0.29, 0.717) is 12.8 Å². The van der Waals surface area contributed by atoms with Gasteiger partial charge in [-0.15, -0.1) is 0 Å². The Bertz CT molecular complexity index is 577. The molecule has 3 rings (SSSR count). The number of carbonyl (C=O) groups is 1. The molecule has 0 saturated heterocycles. The Morgan fingerprint density at radius 1 is 1.33 bits per heavy atom. The minimum atomic E-state index is -1.03. The highest BCUT2D eigenvalue weighted by Crippen LogP contribution is 2.52. The van der Waals surface area contributed by atoms with Crippen LogP contribution in [0.3, 0.4) is 0 Å². The minimum Gasteiger partial charge on any atom is -0.358 e. The molecular formula is C16H19NO4. The summed E-state index contributed by atoms with van der Waals surface area (Å²) in [4.78, 5) is 23.0. The fraction of sp³-hybridized carbons (Fsp3) is 0.562. The lowest BCUT2D eigenvalue weighted by molar-refractivity contribution is -0.584. The first kappa shape index (κ1) is 14.2. The number of Topliss-reactive ketones (excluding diaryl/α,β-unsaturated/α-hetero) is 1. The zero-order chi connectivity index (χ0) is 15.0. The number of nitrogens with zero attached hydrogens (tertiary/aromatic N) is 1. The first-order valence-electron chi connectivity index (χ1n) is 7.43. The molecule has 21 heavy (non-hydrogen) atoms. The quantitative estimate of drug-likeness (QED) is 0.629. The SMILES string of the molecule is CC(=O)C[C@H]1O[C@H](C2([N+](=O)[O-])CCCC2)c2ccccc21. The lowest BCUT2D eigenvalue weighted by Gasteiger charge is -2.27. The molecule has 1 fully saturated rings. The van der Waals surface area contributed by atoms with E-state index in [1.165, 1.54) is 6.92 Å². The van der Waals surface area contributed by atoms with E-state index in [1.807, 2.05) is 24.3 Å². The summed E-state index contributed by atoms with van der Waals surface area (Å²) in [6.07, 6.45) is 2.22. The summed E-state index contributed by atoms with van der Waals surface area (Å²) in [5.74, 6) is 0.0389. The lowest BCUT2D eigenvalue weighted by atomic mass is 9.85. The zero-order valence-electron chi connectivity index (χ0n) is 12.1. The molecule has 0 N–H and O–H groups in total. The first-order valence-corrected chi connectivity index (χ1v) is 7.43. The highest BCUT2D eigenvalue weighted by atomic mass is 16.6. The van der Waals surface area contributed by atoms with Gasteiger partial charge in [0.1, 0.15) is 5.78 Å². The molecule has 0 spiro atoms. The van der Waals surface area contributed by atoms with Crippen molar-refractivity contribution >= 4 is 5.78 Å². The number of carbonyl (C=O) groups excluding carboxylic acids is 1. The summed E-state index contributed by atoms with van der Waals surface area (Å²) in [5.41, 5.74) is 0.801. The molecule has 1 aliphatic heterocycles. The van der Waals surface area contributed by atoms with E-state index in [9.17, 15) is 14.9 Å². The average Bonchev–Trinajstić information content (AvgIpc) is 3.04. The average molecular weight is 289 g/mol. The third kappa shape index (κ3) is 2.25. The third-order valence-electron chi connectivity index (χ3n) is 4.72. The molecule has 5 nitrogen and oxygen atoms in total. The second-order valence-corrected chi connectivity index (χ2v) is 6.11. The number of ether oxygens (including phenoxy) is 1. The van der Waals surface area contributed by atoms with Crippen LogP contribution in [-0.2, 0) is 9.53 Å². The maximum absolute atomic E-state index is 11.7. The van der Waals surface area contributed by atoms with Gasteiger partial charge in [-0.3, -0.25) is 14.9 Å². The molecule has 0 amide bonds. The highest BCUT2D eigenvalue weighted by Gasteiger charge is 2.57. The topological polar surface area (TPSA) is 69.4 Å². The van der Waals surface area contributed by atoms with Crippen molar-refractivity contribution in [2.24, 2.45) is 0 Å². The predicted molar refractivity (Wildman–Crippen MR) is 76.5 cm³/mol.